The lowest BCUT2D eigenvalue weighted by Gasteiger charge is -2.41. The number of ether oxygens (including phenoxy) is 2. The molecule has 0 bridgehead atoms. The van der Waals surface area contributed by atoms with E-state index in [4.69, 9.17) is 9.47 Å². The molecule has 7 unspecified atom stereocenters. The molecule has 0 aromatic heterocycles. The van der Waals surface area contributed by atoms with Gasteiger partial charge in [0.25, 0.3) is 0 Å². The number of rotatable bonds is 60. The Morgan fingerprint density at radius 2 is 0.810 bits per heavy atom. The molecule has 0 radical (unpaired) electrons. The van der Waals surface area contributed by atoms with E-state index in [0.29, 0.717) is 6.42 Å². The minimum atomic E-state index is -5.09. The molecule has 0 saturated carbocycles. The molecule has 1 aliphatic rings. The number of amides is 1. The number of aliphatic hydroxyl groups excluding tert-OH is 4. The van der Waals surface area contributed by atoms with Crippen molar-refractivity contribution in [1.29, 1.82) is 0 Å². The molecule has 0 aromatic rings. The maximum atomic E-state index is 13.2. The quantitative estimate of drug-likeness (QED) is 0.0193. The number of hydrogen-bond donors (Lipinski definition) is 6. The first-order chi connectivity index (χ1) is 38.5. The molecule has 1 rings (SSSR count). The van der Waals surface area contributed by atoms with Gasteiger partial charge < -0.3 is 35.2 Å². The van der Waals surface area contributed by atoms with E-state index in [1.165, 1.54) is 270 Å². The van der Waals surface area contributed by atoms with E-state index in [9.17, 15) is 38.2 Å². The molecule has 12 nitrogen and oxygen atoms in total. The topological polar surface area (TPSA) is 192 Å². The van der Waals surface area contributed by atoms with Crippen LogP contribution in [0.4, 0.5) is 0 Å². The molecule has 6 N–H and O–H groups in total. The lowest BCUT2D eigenvalue weighted by atomic mass is 9.99. The first-order valence-corrected chi connectivity index (χ1v) is 35.1. The second-order valence-corrected chi connectivity index (χ2v) is 24.8. The van der Waals surface area contributed by atoms with Gasteiger partial charge >= 0.3 is 10.4 Å². The number of allylic oxidation sites excluding steroid dienone is 3. The molecule has 1 fully saturated rings. The van der Waals surface area contributed by atoms with Crippen molar-refractivity contribution < 1.29 is 51.8 Å². The number of hydrogen-bond acceptors (Lipinski definition) is 10. The summed E-state index contributed by atoms with van der Waals surface area (Å²) in [6.45, 7) is 3.44. The van der Waals surface area contributed by atoms with Crippen molar-refractivity contribution in [2.24, 2.45) is 0 Å². The van der Waals surface area contributed by atoms with Gasteiger partial charge in [-0.25, -0.2) is 4.18 Å². The highest BCUT2D eigenvalue weighted by molar-refractivity contribution is 7.80. The number of nitrogens with one attached hydrogen (secondary N) is 1. The van der Waals surface area contributed by atoms with Gasteiger partial charge in [0.05, 0.1) is 25.4 Å². The summed E-state index contributed by atoms with van der Waals surface area (Å²) in [4.78, 5) is 13.2. The Hall–Kier alpha value is -1.42. The normalized spacial score (nSPS) is 18.8. The van der Waals surface area contributed by atoms with Gasteiger partial charge in [-0.3, -0.25) is 9.35 Å². The van der Waals surface area contributed by atoms with Gasteiger partial charge in [0.1, 0.15) is 24.4 Å². The van der Waals surface area contributed by atoms with Crippen molar-refractivity contribution >= 4 is 16.3 Å². The molecule has 1 heterocycles. The molecule has 0 spiro atoms. The first-order valence-electron chi connectivity index (χ1n) is 33.7. The molecule has 1 saturated heterocycles. The summed E-state index contributed by atoms with van der Waals surface area (Å²) in [6.07, 6.45) is 62.7. The fraction of sp³-hybridized carbons (Fsp3) is 0.924. The number of aliphatic hydroxyl groups is 4. The van der Waals surface area contributed by atoms with Gasteiger partial charge in [0.2, 0.25) is 5.91 Å². The average Bonchev–Trinajstić information content (AvgIpc) is 3.44. The zero-order chi connectivity index (χ0) is 57.5. The zero-order valence-corrected chi connectivity index (χ0v) is 52.0. The van der Waals surface area contributed by atoms with Crippen molar-refractivity contribution in [3.05, 3.63) is 24.3 Å². The molecule has 1 aliphatic heterocycles. The van der Waals surface area contributed by atoms with E-state index in [0.717, 1.165) is 38.5 Å². The fourth-order valence-corrected chi connectivity index (χ4v) is 11.6. The molecular weight excluding hydrogens is 1010 g/mol. The zero-order valence-electron chi connectivity index (χ0n) is 51.2. The van der Waals surface area contributed by atoms with Crippen molar-refractivity contribution in [3.63, 3.8) is 0 Å². The van der Waals surface area contributed by atoms with Crippen LogP contribution in [0.15, 0.2) is 24.3 Å². The summed E-state index contributed by atoms with van der Waals surface area (Å²) in [7, 11) is -5.09. The van der Waals surface area contributed by atoms with E-state index in [1.807, 2.05) is 6.08 Å². The summed E-state index contributed by atoms with van der Waals surface area (Å²) in [5.41, 5.74) is 0. The predicted octanol–water partition coefficient (Wildman–Crippen LogP) is 17.1. The third kappa shape index (κ3) is 47.6. The van der Waals surface area contributed by atoms with Crippen LogP contribution < -0.4 is 5.32 Å². The Balaban J connectivity index is 2.16. The molecule has 13 heteroatoms. The van der Waals surface area contributed by atoms with Gasteiger partial charge in [-0.05, 0) is 44.9 Å². The standard InChI is InChI=1S/C66H127NO11S/c1-3-5-7-9-11-13-15-17-19-20-21-22-23-24-25-26-27-28-29-30-31-32-33-34-35-36-37-38-39-40-42-44-46-48-50-52-54-56-62(70)67-59(58-76-66-64(72)65(78-79(73,74)75)63(71)61(57-68)77-66)60(69)55-53-51-49-47-45-43-41-18-16-14-12-10-8-6-4-2/h28-29,53,55,59-61,63-66,68-69,71-72H,3-27,30-52,54,56-58H2,1-2H3,(H,67,70)(H,73,74,75)/b29-28-,55-53+. The molecule has 1 amide bonds. The summed E-state index contributed by atoms with van der Waals surface area (Å²) in [5, 5.41) is 45.0. The van der Waals surface area contributed by atoms with Crippen LogP contribution in [0, 0.1) is 0 Å². The van der Waals surface area contributed by atoms with Gasteiger partial charge in [-0.2, -0.15) is 8.42 Å². The van der Waals surface area contributed by atoms with Crippen LogP contribution in [0.3, 0.4) is 0 Å². The summed E-state index contributed by atoms with van der Waals surface area (Å²) in [6, 6.07) is -0.942. The second-order valence-electron chi connectivity index (χ2n) is 23.8. The largest absolute Gasteiger partial charge is 0.397 e. The third-order valence-electron chi connectivity index (χ3n) is 16.2. The smallest absolute Gasteiger partial charge is 0.394 e. The highest BCUT2D eigenvalue weighted by Gasteiger charge is 2.48. The van der Waals surface area contributed by atoms with Crippen LogP contribution >= 0.6 is 0 Å². The van der Waals surface area contributed by atoms with Crippen molar-refractivity contribution in [1.82, 2.24) is 5.32 Å². The van der Waals surface area contributed by atoms with Gasteiger partial charge in [0.15, 0.2) is 6.29 Å². The number of carbonyl (C=O) groups is 1. The Bertz CT molecular complexity index is 1480. The van der Waals surface area contributed by atoms with Crippen molar-refractivity contribution in [2.45, 2.75) is 378 Å². The average molecular weight is 1140 g/mol. The fourth-order valence-electron chi connectivity index (χ4n) is 11.0. The maximum absolute atomic E-state index is 13.2. The summed E-state index contributed by atoms with van der Waals surface area (Å²) >= 11 is 0. The lowest BCUT2D eigenvalue weighted by Crippen LogP contribution is -2.61. The summed E-state index contributed by atoms with van der Waals surface area (Å²) in [5.74, 6) is -0.257. The van der Waals surface area contributed by atoms with Crippen LogP contribution in [0.2, 0.25) is 0 Å². The monoisotopic (exact) mass is 1140 g/mol. The third-order valence-corrected chi connectivity index (χ3v) is 16.7. The highest BCUT2D eigenvalue weighted by Crippen LogP contribution is 2.26. The van der Waals surface area contributed by atoms with E-state index >= 15 is 0 Å². The van der Waals surface area contributed by atoms with E-state index < -0.39 is 59.9 Å². The van der Waals surface area contributed by atoms with Gasteiger partial charge in [-0.15, -0.1) is 0 Å². The summed E-state index contributed by atoms with van der Waals surface area (Å²) < 4.78 is 47.9. The maximum Gasteiger partial charge on any atom is 0.397 e. The van der Waals surface area contributed by atoms with Crippen LogP contribution in [-0.4, -0.2) is 95.4 Å². The lowest BCUT2D eigenvalue weighted by molar-refractivity contribution is -0.298. The van der Waals surface area contributed by atoms with Gasteiger partial charge in [0, 0.05) is 6.42 Å². The first kappa shape index (κ1) is 75.6. The molecule has 468 valence electrons. The minimum Gasteiger partial charge on any atom is -0.394 e. The molecule has 0 aliphatic carbocycles. The van der Waals surface area contributed by atoms with Crippen LogP contribution in [-0.2, 0) is 28.9 Å². The predicted molar refractivity (Wildman–Crippen MR) is 329 cm³/mol. The van der Waals surface area contributed by atoms with Crippen molar-refractivity contribution in [3.8, 4) is 0 Å². The Morgan fingerprint density at radius 3 is 1.14 bits per heavy atom. The molecular formula is C66H127NO11S. The Labute approximate surface area is 486 Å². The van der Waals surface area contributed by atoms with Crippen molar-refractivity contribution in [2.75, 3.05) is 13.2 Å². The SMILES string of the molecule is CCCCCCCCCCCCCCC/C=C/C(O)C(COC1OC(CO)C(O)C(OS(=O)(=O)O)C1O)NC(=O)CCCCCCCCCCCCCCCCCCC/C=C\CCCCCCCCCCCCCCCCCC. The minimum absolute atomic E-state index is 0.257. The van der Waals surface area contributed by atoms with E-state index in [-0.39, 0.29) is 18.9 Å². The highest BCUT2D eigenvalue weighted by atomic mass is 32.3. The number of carbonyl (C=O) groups excluding carboxylic acids is 1. The van der Waals surface area contributed by atoms with Crippen LogP contribution in [0.25, 0.3) is 0 Å². The second kappa shape index (κ2) is 55.8. The number of unbranched alkanes of at least 4 members (excludes halogenated alkanes) is 46. The molecule has 0 aromatic carbocycles. The van der Waals surface area contributed by atoms with Gasteiger partial charge in [-0.1, -0.05) is 308 Å². The molecule has 79 heavy (non-hydrogen) atoms. The molecule has 7 atom stereocenters. The van der Waals surface area contributed by atoms with E-state index in [2.05, 4.69) is 35.5 Å². The Kier molecular flexibility index (Phi) is 53.3. The van der Waals surface area contributed by atoms with Crippen LogP contribution in [0.1, 0.15) is 335 Å². The van der Waals surface area contributed by atoms with E-state index in [1.54, 1.807) is 6.08 Å². The van der Waals surface area contributed by atoms with Crippen LogP contribution in [0.5, 0.6) is 0 Å². The Morgan fingerprint density at radius 1 is 0.494 bits per heavy atom.